The quantitative estimate of drug-likeness (QED) is 0.492. The number of benzene rings is 1. The minimum absolute atomic E-state index is 0. The van der Waals surface area contributed by atoms with E-state index in [2.05, 4.69) is 15.4 Å². The number of amides is 1. The lowest BCUT2D eigenvalue weighted by molar-refractivity contribution is 0.0953. The molecule has 24 heavy (non-hydrogen) atoms. The van der Waals surface area contributed by atoms with E-state index in [9.17, 15) is 13.2 Å². The number of nitrogens with one attached hydrogen (secondary N) is 3. The van der Waals surface area contributed by atoms with Crippen molar-refractivity contribution in [2.24, 2.45) is 0 Å². The first-order valence-corrected chi connectivity index (χ1v) is 8.54. The maximum absolute atomic E-state index is 12.1. The van der Waals surface area contributed by atoms with Gasteiger partial charge in [-0.05, 0) is 25.2 Å². The zero-order chi connectivity index (χ0) is 17.3. The minimum Gasteiger partial charge on any atom is -0.495 e. The number of carbonyl (C=O) groups excluding carboxylic acids is 1. The van der Waals surface area contributed by atoms with Gasteiger partial charge in [0.25, 0.3) is 5.91 Å². The molecule has 8 nitrogen and oxygen atoms in total. The standard InChI is InChI=1S/C14H23N3O5S.ClH/c1-15-23(19,20)13-10-11(4-5-12(13)22-3)14(18)17-7-6-16-8-9-21-2;/h4-5,10,15-16H,6-9H2,1-3H3,(H,17,18);1H. The zero-order valence-corrected chi connectivity index (χ0v) is 15.6. The Balaban J connectivity index is 0.00000529. The second-order valence-corrected chi connectivity index (χ2v) is 6.43. The van der Waals surface area contributed by atoms with Gasteiger partial charge in [-0.3, -0.25) is 4.79 Å². The van der Waals surface area contributed by atoms with E-state index in [4.69, 9.17) is 9.47 Å². The van der Waals surface area contributed by atoms with Crippen molar-refractivity contribution in [2.45, 2.75) is 4.90 Å². The van der Waals surface area contributed by atoms with E-state index >= 15 is 0 Å². The summed E-state index contributed by atoms with van der Waals surface area (Å²) in [4.78, 5) is 12.0. The lowest BCUT2D eigenvalue weighted by atomic mass is 10.2. The smallest absolute Gasteiger partial charge is 0.251 e. The van der Waals surface area contributed by atoms with Crippen molar-refractivity contribution in [3.05, 3.63) is 23.8 Å². The molecule has 1 rings (SSSR count). The van der Waals surface area contributed by atoms with Gasteiger partial charge in [-0.25, -0.2) is 13.1 Å². The number of sulfonamides is 1. The topological polar surface area (TPSA) is 106 Å². The summed E-state index contributed by atoms with van der Waals surface area (Å²) >= 11 is 0. The van der Waals surface area contributed by atoms with Crippen LogP contribution in [0.4, 0.5) is 0 Å². The van der Waals surface area contributed by atoms with Gasteiger partial charge in [0.1, 0.15) is 10.6 Å². The van der Waals surface area contributed by atoms with E-state index in [1.165, 1.54) is 32.4 Å². The number of rotatable bonds is 10. The average Bonchev–Trinajstić information content (AvgIpc) is 2.57. The van der Waals surface area contributed by atoms with E-state index in [1.807, 2.05) is 0 Å². The SMILES string of the molecule is CNS(=O)(=O)c1cc(C(=O)NCCNCCOC)ccc1OC.Cl. The number of methoxy groups -OCH3 is 2. The first-order valence-electron chi connectivity index (χ1n) is 7.05. The summed E-state index contributed by atoms with van der Waals surface area (Å²) in [6.07, 6.45) is 0. The number of ether oxygens (including phenoxy) is 2. The first-order chi connectivity index (χ1) is 11.0. The summed E-state index contributed by atoms with van der Waals surface area (Å²) in [5.74, 6) is -0.175. The van der Waals surface area contributed by atoms with Crippen LogP contribution in [0.25, 0.3) is 0 Å². The lowest BCUT2D eigenvalue weighted by Crippen LogP contribution is -2.33. The summed E-state index contributed by atoms with van der Waals surface area (Å²) in [5, 5.41) is 5.80. The summed E-state index contributed by atoms with van der Waals surface area (Å²) in [5.41, 5.74) is 0.247. The molecule has 0 bridgehead atoms. The molecule has 0 unspecified atom stereocenters. The van der Waals surface area contributed by atoms with Crippen molar-refractivity contribution in [3.8, 4) is 5.75 Å². The van der Waals surface area contributed by atoms with Crippen molar-refractivity contribution in [3.63, 3.8) is 0 Å². The van der Waals surface area contributed by atoms with Crippen LogP contribution in [0, 0.1) is 0 Å². The van der Waals surface area contributed by atoms with E-state index in [1.54, 1.807) is 7.11 Å². The van der Waals surface area contributed by atoms with Crippen LogP contribution in [-0.2, 0) is 14.8 Å². The monoisotopic (exact) mass is 381 g/mol. The number of hydrogen-bond donors (Lipinski definition) is 3. The van der Waals surface area contributed by atoms with Crippen LogP contribution in [-0.4, -0.2) is 61.8 Å². The van der Waals surface area contributed by atoms with Gasteiger partial charge in [-0.15, -0.1) is 12.4 Å². The van der Waals surface area contributed by atoms with Gasteiger partial charge in [0, 0.05) is 32.3 Å². The molecule has 0 aromatic heterocycles. The van der Waals surface area contributed by atoms with Crippen molar-refractivity contribution >= 4 is 28.3 Å². The molecule has 0 saturated carbocycles. The highest BCUT2D eigenvalue weighted by Crippen LogP contribution is 2.24. The van der Waals surface area contributed by atoms with Crippen LogP contribution >= 0.6 is 12.4 Å². The molecule has 1 aromatic rings. The fourth-order valence-corrected chi connectivity index (χ4v) is 2.72. The Morgan fingerprint density at radius 3 is 2.46 bits per heavy atom. The predicted octanol–water partition coefficient (Wildman–Crippen LogP) is -0.00910. The Labute approximate surface area is 148 Å². The molecule has 10 heteroatoms. The lowest BCUT2D eigenvalue weighted by Gasteiger charge is -2.11. The number of carbonyl (C=O) groups is 1. The van der Waals surface area contributed by atoms with Gasteiger partial charge < -0.3 is 20.1 Å². The van der Waals surface area contributed by atoms with E-state index < -0.39 is 10.0 Å². The van der Waals surface area contributed by atoms with Crippen molar-refractivity contribution in [2.75, 3.05) is 47.5 Å². The highest BCUT2D eigenvalue weighted by Gasteiger charge is 2.19. The van der Waals surface area contributed by atoms with Crippen molar-refractivity contribution < 1.29 is 22.7 Å². The van der Waals surface area contributed by atoms with Gasteiger partial charge in [-0.2, -0.15) is 0 Å². The first kappa shape index (κ1) is 22.6. The predicted molar refractivity (Wildman–Crippen MR) is 93.6 cm³/mol. The molecule has 1 amide bonds. The van der Waals surface area contributed by atoms with Gasteiger partial charge in [0.05, 0.1) is 13.7 Å². The maximum atomic E-state index is 12.1. The fourth-order valence-electron chi connectivity index (χ4n) is 1.80. The molecule has 0 spiro atoms. The largest absolute Gasteiger partial charge is 0.495 e. The highest BCUT2D eigenvalue weighted by atomic mass is 35.5. The highest BCUT2D eigenvalue weighted by molar-refractivity contribution is 7.89. The Bertz CT molecular complexity index is 625. The zero-order valence-electron chi connectivity index (χ0n) is 13.9. The average molecular weight is 382 g/mol. The molecular formula is C14H24ClN3O5S. The van der Waals surface area contributed by atoms with Crippen LogP contribution in [0.15, 0.2) is 23.1 Å². The Morgan fingerprint density at radius 2 is 1.88 bits per heavy atom. The summed E-state index contributed by atoms with van der Waals surface area (Å²) in [7, 11) is 0.571. The molecule has 0 fully saturated rings. The van der Waals surface area contributed by atoms with Crippen molar-refractivity contribution in [1.82, 2.24) is 15.4 Å². The van der Waals surface area contributed by atoms with E-state index in [0.717, 1.165) is 0 Å². The molecule has 3 N–H and O–H groups in total. The van der Waals surface area contributed by atoms with Gasteiger partial charge >= 0.3 is 0 Å². The normalized spacial score (nSPS) is 10.8. The molecule has 0 atom stereocenters. The summed E-state index contributed by atoms with van der Waals surface area (Å²) in [6.45, 7) is 2.30. The molecule has 138 valence electrons. The summed E-state index contributed by atoms with van der Waals surface area (Å²) < 4.78 is 36.1. The van der Waals surface area contributed by atoms with Crippen molar-refractivity contribution in [1.29, 1.82) is 0 Å². The van der Waals surface area contributed by atoms with Crippen LogP contribution in [0.5, 0.6) is 5.75 Å². The summed E-state index contributed by atoms with van der Waals surface area (Å²) in [6, 6.07) is 4.26. The van der Waals surface area contributed by atoms with Crippen LogP contribution in [0.3, 0.4) is 0 Å². The maximum Gasteiger partial charge on any atom is 0.251 e. The second kappa shape index (κ2) is 11.2. The van der Waals surface area contributed by atoms with Gasteiger partial charge in [-0.1, -0.05) is 0 Å². The molecular weight excluding hydrogens is 358 g/mol. The minimum atomic E-state index is -3.71. The number of halogens is 1. The van der Waals surface area contributed by atoms with E-state index in [-0.39, 0.29) is 34.5 Å². The molecule has 0 saturated heterocycles. The number of hydrogen-bond acceptors (Lipinski definition) is 6. The molecule has 0 heterocycles. The Morgan fingerprint density at radius 1 is 1.17 bits per heavy atom. The van der Waals surface area contributed by atoms with Crippen LogP contribution < -0.4 is 20.1 Å². The van der Waals surface area contributed by atoms with Crippen LogP contribution in [0.2, 0.25) is 0 Å². The molecule has 0 aliphatic rings. The Kier molecular flexibility index (Phi) is 10.6. The van der Waals surface area contributed by atoms with E-state index in [0.29, 0.717) is 26.2 Å². The third-order valence-electron chi connectivity index (χ3n) is 3.05. The third-order valence-corrected chi connectivity index (χ3v) is 4.49. The Hall–Kier alpha value is -1.39. The van der Waals surface area contributed by atoms with Crippen LogP contribution in [0.1, 0.15) is 10.4 Å². The molecule has 0 aliphatic carbocycles. The third kappa shape index (κ3) is 6.62. The second-order valence-electron chi connectivity index (χ2n) is 4.57. The van der Waals surface area contributed by atoms with Gasteiger partial charge in [0.15, 0.2) is 0 Å². The molecule has 0 radical (unpaired) electrons. The molecule has 1 aromatic carbocycles. The van der Waals surface area contributed by atoms with Gasteiger partial charge in [0.2, 0.25) is 10.0 Å². The fraction of sp³-hybridized carbons (Fsp3) is 0.500. The molecule has 0 aliphatic heterocycles.